The molecule has 1 rings (SSSR count). The van der Waals surface area contributed by atoms with E-state index in [1.165, 1.54) is 6.92 Å². The predicted octanol–water partition coefficient (Wildman–Crippen LogP) is 1.38. The lowest BCUT2D eigenvalue weighted by Crippen LogP contribution is -2.49. The minimum atomic E-state index is -0.498. The first-order chi connectivity index (χ1) is 7.86. The molecule has 0 saturated carbocycles. The zero-order valence-electron chi connectivity index (χ0n) is 10.8. The monoisotopic (exact) mass is 260 g/mol. The Labute approximate surface area is 108 Å². The highest BCUT2D eigenvalue weighted by Gasteiger charge is 2.33. The molecule has 1 saturated heterocycles. The number of carbonyl (C=O) groups excluding carboxylic acids is 2. The highest BCUT2D eigenvalue weighted by atomic mass is 35.5. The molecule has 1 aliphatic heterocycles. The molecule has 0 unspecified atom stereocenters. The number of hydrogen-bond donors (Lipinski definition) is 1. The van der Waals surface area contributed by atoms with E-state index in [0.29, 0.717) is 19.0 Å². The van der Waals surface area contributed by atoms with Gasteiger partial charge in [-0.1, -0.05) is 0 Å². The minimum Gasteiger partial charge on any atom is -0.353 e. The molecule has 0 aliphatic carbocycles. The molecule has 0 atom stereocenters. The van der Waals surface area contributed by atoms with E-state index in [-0.39, 0.29) is 17.9 Å². The molecule has 0 aromatic heterocycles. The molecule has 0 aromatic rings. The number of hydrogen-bond acceptors (Lipinski definition) is 2. The lowest BCUT2D eigenvalue weighted by atomic mass is 9.92. The summed E-state index contributed by atoms with van der Waals surface area (Å²) in [6.07, 6.45) is 1.65. The van der Waals surface area contributed by atoms with Crippen LogP contribution in [0.2, 0.25) is 0 Å². The summed E-state index contributed by atoms with van der Waals surface area (Å²) in [7, 11) is 0. The molecule has 0 spiro atoms. The fraction of sp³-hybridized carbons (Fsp3) is 0.833. The third-order valence-electron chi connectivity index (χ3n) is 3.10. The van der Waals surface area contributed by atoms with Crippen molar-refractivity contribution in [2.45, 2.75) is 39.7 Å². The average Bonchev–Trinajstić information content (AvgIpc) is 2.28. The minimum absolute atomic E-state index is 0.00383. The maximum Gasteiger partial charge on any atom is 0.229 e. The van der Waals surface area contributed by atoms with Gasteiger partial charge in [0.15, 0.2) is 0 Å². The molecule has 0 aromatic carbocycles. The van der Waals surface area contributed by atoms with Crippen molar-refractivity contribution in [1.82, 2.24) is 10.2 Å². The molecule has 1 fully saturated rings. The zero-order chi connectivity index (χ0) is 13.1. The predicted molar refractivity (Wildman–Crippen MR) is 67.9 cm³/mol. The highest BCUT2D eigenvalue weighted by Crippen LogP contribution is 2.23. The van der Waals surface area contributed by atoms with Crippen LogP contribution >= 0.6 is 11.6 Å². The van der Waals surface area contributed by atoms with Crippen molar-refractivity contribution in [3.05, 3.63) is 0 Å². The zero-order valence-corrected chi connectivity index (χ0v) is 11.5. The number of nitrogens with zero attached hydrogens (tertiary/aromatic N) is 1. The maximum atomic E-state index is 12.1. The van der Waals surface area contributed by atoms with Crippen LogP contribution in [-0.2, 0) is 9.59 Å². The Hall–Kier alpha value is -0.770. The topological polar surface area (TPSA) is 49.4 Å². The van der Waals surface area contributed by atoms with E-state index >= 15 is 0 Å². The van der Waals surface area contributed by atoms with Crippen molar-refractivity contribution < 1.29 is 9.59 Å². The number of amides is 2. The first kappa shape index (κ1) is 14.3. The van der Waals surface area contributed by atoms with Crippen molar-refractivity contribution in [2.75, 3.05) is 19.0 Å². The smallest absolute Gasteiger partial charge is 0.229 e. The van der Waals surface area contributed by atoms with Gasteiger partial charge in [0.2, 0.25) is 11.8 Å². The van der Waals surface area contributed by atoms with E-state index in [2.05, 4.69) is 5.32 Å². The molecule has 1 aliphatic rings. The Balaban J connectivity index is 2.47. The molecule has 1 N–H and O–H groups in total. The third-order valence-corrected chi connectivity index (χ3v) is 3.77. The van der Waals surface area contributed by atoms with Crippen molar-refractivity contribution in [1.29, 1.82) is 0 Å². The molecular formula is C12H21ClN2O2. The Morgan fingerprint density at radius 3 is 2.29 bits per heavy atom. The fourth-order valence-corrected chi connectivity index (χ4v) is 2.11. The summed E-state index contributed by atoms with van der Waals surface area (Å²) in [5.74, 6) is 0.432. The van der Waals surface area contributed by atoms with E-state index in [1.54, 1.807) is 0 Å². The van der Waals surface area contributed by atoms with Crippen molar-refractivity contribution in [3.63, 3.8) is 0 Å². The molecule has 0 radical (unpaired) electrons. The summed E-state index contributed by atoms with van der Waals surface area (Å²) in [6.45, 7) is 6.65. The number of rotatable bonds is 3. The number of carbonyl (C=O) groups is 2. The van der Waals surface area contributed by atoms with Gasteiger partial charge < -0.3 is 10.2 Å². The number of nitrogens with one attached hydrogen (secondary N) is 1. The first-order valence-corrected chi connectivity index (χ1v) is 6.52. The Morgan fingerprint density at radius 2 is 1.88 bits per heavy atom. The molecule has 17 heavy (non-hydrogen) atoms. The van der Waals surface area contributed by atoms with Gasteiger partial charge in [-0.3, -0.25) is 9.59 Å². The molecule has 4 nitrogen and oxygen atoms in total. The molecule has 98 valence electrons. The summed E-state index contributed by atoms with van der Waals surface area (Å²) in [4.78, 5) is 24.9. The van der Waals surface area contributed by atoms with Crippen LogP contribution in [-0.4, -0.2) is 41.7 Å². The van der Waals surface area contributed by atoms with Gasteiger partial charge in [-0.05, 0) is 26.7 Å². The van der Waals surface area contributed by atoms with Crippen LogP contribution in [0, 0.1) is 5.41 Å². The van der Waals surface area contributed by atoms with E-state index in [0.717, 1.165) is 12.8 Å². The largest absolute Gasteiger partial charge is 0.353 e. The van der Waals surface area contributed by atoms with E-state index in [1.807, 2.05) is 18.7 Å². The van der Waals surface area contributed by atoms with Gasteiger partial charge in [-0.25, -0.2) is 0 Å². The second kappa shape index (κ2) is 5.71. The van der Waals surface area contributed by atoms with Crippen LogP contribution in [0.15, 0.2) is 0 Å². The second-order valence-electron chi connectivity index (χ2n) is 5.28. The van der Waals surface area contributed by atoms with Gasteiger partial charge in [0.05, 0.1) is 5.41 Å². The van der Waals surface area contributed by atoms with Crippen LogP contribution in [0.25, 0.3) is 0 Å². The quantitative estimate of drug-likeness (QED) is 0.780. The Morgan fingerprint density at radius 1 is 1.35 bits per heavy atom. The number of halogens is 1. The van der Waals surface area contributed by atoms with Gasteiger partial charge in [0.1, 0.15) is 0 Å². The Bertz CT molecular complexity index is 297. The molecular weight excluding hydrogens is 240 g/mol. The van der Waals surface area contributed by atoms with Gasteiger partial charge in [-0.2, -0.15) is 0 Å². The number of piperidine rings is 1. The summed E-state index contributed by atoms with van der Waals surface area (Å²) in [6, 6.07) is 0.204. The van der Waals surface area contributed by atoms with Gasteiger partial charge >= 0.3 is 0 Å². The maximum absolute atomic E-state index is 12.1. The van der Waals surface area contributed by atoms with E-state index in [4.69, 9.17) is 11.6 Å². The molecule has 0 bridgehead atoms. The normalized spacial score (nSPS) is 18.0. The van der Waals surface area contributed by atoms with Gasteiger partial charge in [0, 0.05) is 31.9 Å². The summed E-state index contributed by atoms with van der Waals surface area (Å²) < 4.78 is 0. The van der Waals surface area contributed by atoms with Crippen LogP contribution < -0.4 is 5.32 Å². The van der Waals surface area contributed by atoms with E-state index in [9.17, 15) is 9.59 Å². The summed E-state index contributed by atoms with van der Waals surface area (Å²) >= 11 is 5.80. The van der Waals surface area contributed by atoms with Crippen molar-refractivity contribution in [3.8, 4) is 0 Å². The lowest BCUT2D eigenvalue weighted by molar-refractivity contribution is -0.140. The molecule has 2 amide bonds. The lowest BCUT2D eigenvalue weighted by Gasteiger charge is -2.36. The first-order valence-electron chi connectivity index (χ1n) is 5.99. The third kappa shape index (κ3) is 3.87. The SMILES string of the molecule is CC(=O)NC1CCN(C(=O)C(C)(C)CCl)CC1. The fourth-order valence-electron chi connectivity index (χ4n) is 2.00. The second-order valence-corrected chi connectivity index (χ2v) is 5.55. The molecule has 1 heterocycles. The van der Waals surface area contributed by atoms with Gasteiger partial charge in [-0.15, -0.1) is 11.6 Å². The molecule has 5 heteroatoms. The standard InChI is InChI=1S/C12H21ClN2O2/c1-9(16)14-10-4-6-15(7-5-10)11(17)12(2,3)8-13/h10H,4-8H2,1-3H3,(H,14,16). The number of likely N-dealkylation sites (tertiary alicyclic amines) is 1. The summed E-state index contributed by atoms with van der Waals surface area (Å²) in [5.41, 5.74) is -0.498. The van der Waals surface area contributed by atoms with E-state index < -0.39 is 5.41 Å². The van der Waals surface area contributed by atoms with Crippen LogP contribution in [0.5, 0.6) is 0 Å². The highest BCUT2D eigenvalue weighted by molar-refractivity contribution is 6.19. The Kier molecular flexibility index (Phi) is 4.80. The van der Waals surface area contributed by atoms with Crippen molar-refractivity contribution >= 4 is 23.4 Å². The summed E-state index contributed by atoms with van der Waals surface area (Å²) in [5, 5.41) is 2.89. The van der Waals surface area contributed by atoms with Crippen molar-refractivity contribution in [2.24, 2.45) is 5.41 Å². The number of alkyl halides is 1. The van der Waals surface area contributed by atoms with Crippen LogP contribution in [0.1, 0.15) is 33.6 Å². The van der Waals surface area contributed by atoms with Crippen LogP contribution in [0.4, 0.5) is 0 Å². The van der Waals surface area contributed by atoms with Crippen LogP contribution in [0.3, 0.4) is 0 Å². The average molecular weight is 261 g/mol. The van der Waals surface area contributed by atoms with Gasteiger partial charge in [0.25, 0.3) is 0 Å².